The highest BCUT2D eigenvalue weighted by Gasteiger charge is 2.08. The average molecular weight is 145 g/mol. The predicted octanol–water partition coefficient (Wildman–Crippen LogP) is -0.112. The standard InChI is InChI=1S/C7H15NO2/c1-3-7(6-10)8(2)4-5-9/h6-7,9H,3-5H2,1-2H3. The van der Waals surface area contributed by atoms with E-state index in [1.807, 2.05) is 18.9 Å². The van der Waals surface area contributed by atoms with Crippen LogP contribution in [0, 0.1) is 0 Å². The van der Waals surface area contributed by atoms with Gasteiger partial charge in [-0.05, 0) is 13.5 Å². The summed E-state index contributed by atoms with van der Waals surface area (Å²) in [6.07, 6.45) is 1.72. The van der Waals surface area contributed by atoms with Gasteiger partial charge in [-0.1, -0.05) is 6.92 Å². The molecular weight excluding hydrogens is 130 g/mol. The first-order chi connectivity index (χ1) is 4.76. The Hall–Kier alpha value is -0.410. The van der Waals surface area contributed by atoms with Gasteiger partial charge in [0, 0.05) is 6.54 Å². The highest BCUT2D eigenvalue weighted by Crippen LogP contribution is 1.96. The molecule has 60 valence electrons. The van der Waals surface area contributed by atoms with Crippen molar-refractivity contribution in [3.63, 3.8) is 0 Å². The van der Waals surface area contributed by atoms with E-state index in [0.29, 0.717) is 6.54 Å². The van der Waals surface area contributed by atoms with E-state index >= 15 is 0 Å². The van der Waals surface area contributed by atoms with Crippen molar-refractivity contribution in [3.05, 3.63) is 0 Å². The minimum Gasteiger partial charge on any atom is -0.395 e. The minimum atomic E-state index is -0.0350. The van der Waals surface area contributed by atoms with Crippen LogP contribution in [0.5, 0.6) is 0 Å². The summed E-state index contributed by atoms with van der Waals surface area (Å²) in [6.45, 7) is 2.63. The Balaban J connectivity index is 3.63. The van der Waals surface area contributed by atoms with Gasteiger partial charge >= 0.3 is 0 Å². The number of carbonyl (C=O) groups is 1. The van der Waals surface area contributed by atoms with Crippen LogP contribution in [0.3, 0.4) is 0 Å². The van der Waals surface area contributed by atoms with Gasteiger partial charge in [-0.2, -0.15) is 0 Å². The van der Waals surface area contributed by atoms with Crippen LogP contribution in [-0.2, 0) is 4.79 Å². The van der Waals surface area contributed by atoms with Crippen molar-refractivity contribution in [2.24, 2.45) is 0 Å². The third kappa shape index (κ3) is 2.94. The lowest BCUT2D eigenvalue weighted by atomic mass is 10.2. The van der Waals surface area contributed by atoms with Crippen molar-refractivity contribution in [1.29, 1.82) is 0 Å². The van der Waals surface area contributed by atoms with E-state index in [-0.39, 0.29) is 12.6 Å². The van der Waals surface area contributed by atoms with Gasteiger partial charge < -0.3 is 9.90 Å². The van der Waals surface area contributed by atoms with Crippen molar-refractivity contribution in [2.75, 3.05) is 20.2 Å². The van der Waals surface area contributed by atoms with Crippen LogP contribution in [0.2, 0.25) is 0 Å². The Morgan fingerprint density at radius 1 is 1.70 bits per heavy atom. The predicted molar refractivity (Wildman–Crippen MR) is 39.9 cm³/mol. The number of rotatable bonds is 5. The highest BCUT2D eigenvalue weighted by molar-refractivity contribution is 5.57. The second-order valence-corrected chi connectivity index (χ2v) is 2.32. The average Bonchev–Trinajstić information content (AvgIpc) is 1.91. The summed E-state index contributed by atoms with van der Waals surface area (Å²) in [5.74, 6) is 0. The largest absolute Gasteiger partial charge is 0.395 e. The number of aliphatic hydroxyl groups is 1. The summed E-state index contributed by atoms with van der Waals surface area (Å²) < 4.78 is 0. The van der Waals surface area contributed by atoms with Gasteiger partial charge in [-0.15, -0.1) is 0 Å². The number of nitrogens with zero attached hydrogens (tertiary/aromatic N) is 1. The fourth-order valence-electron chi connectivity index (χ4n) is 0.835. The van der Waals surface area contributed by atoms with Crippen LogP contribution in [0.15, 0.2) is 0 Å². The van der Waals surface area contributed by atoms with Gasteiger partial charge in [0.1, 0.15) is 6.29 Å². The van der Waals surface area contributed by atoms with E-state index in [1.54, 1.807) is 0 Å². The molecule has 0 spiro atoms. The summed E-state index contributed by atoms with van der Waals surface area (Å²) in [4.78, 5) is 12.2. The molecule has 1 atom stereocenters. The Kier molecular flexibility index (Phi) is 5.16. The second-order valence-electron chi connectivity index (χ2n) is 2.32. The molecular formula is C7H15NO2. The summed E-state index contributed by atoms with van der Waals surface area (Å²) in [6, 6.07) is -0.0350. The topological polar surface area (TPSA) is 40.5 Å². The quantitative estimate of drug-likeness (QED) is 0.549. The van der Waals surface area contributed by atoms with Crippen LogP contribution in [0.25, 0.3) is 0 Å². The van der Waals surface area contributed by atoms with Gasteiger partial charge in [0.05, 0.1) is 12.6 Å². The Morgan fingerprint density at radius 3 is 2.60 bits per heavy atom. The van der Waals surface area contributed by atoms with Crippen LogP contribution >= 0.6 is 0 Å². The van der Waals surface area contributed by atoms with E-state index in [1.165, 1.54) is 0 Å². The monoisotopic (exact) mass is 145 g/mol. The lowest BCUT2D eigenvalue weighted by Crippen LogP contribution is -2.34. The van der Waals surface area contributed by atoms with Gasteiger partial charge in [0.15, 0.2) is 0 Å². The van der Waals surface area contributed by atoms with Crippen molar-refractivity contribution >= 4 is 6.29 Å². The number of hydrogen-bond donors (Lipinski definition) is 1. The lowest BCUT2D eigenvalue weighted by molar-refractivity contribution is -0.112. The third-order valence-electron chi connectivity index (χ3n) is 1.59. The zero-order valence-corrected chi connectivity index (χ0v) is 6.58. The summed E-state index contributed by atoms with van der Waals surface area (Å²) in [5.41, 5.74) is 0. The number of hydrogen-bond acceptors (Lipinski definition) is 3. The molecule has 0 heterocycles. The van der Waals surface area contributed by atoms with Gasteiger partial charge in [-0.3, -0.25) is 4.90 Å². The molecule has 0 aromatic heterocycles. The molecule has 3 nitrogen and oxygen atoms in total. The maximum absolute atomic E-state index is 10.3. The molecule has 0 aromatic carbocycles. The number of aldehydes is 1. The van der Waals surface area contributed by atoms with Crippen molar-refractivity contribution < 1.29 is 9.90 Å². The molecule has 3 heteroatoms. The fraction of sp³-hybridized carbons (Fsp3) is 0.857. The molecule has 0 aliphatic heterocycles. The Bertz CT molecular complexity index is 95.6. The smallest absolute Gasteiger partial charge is 0.137 e. The Morgan fingerprint density at radius 2 is 2.30 bits per heavy atom. The number of carbonyl (C=O) groups excluding carboxylic acids is 1. The number of likely N-dealkylation sites (N-methyl/N-ethyl adjacent to an activating group) is 1. The molecule has 0 saturated heterocycles. The van der Waals surface area contributed by atoms with E-state index in [9.17, 15) is 4.79 Å². The molecule has 0 aromatic rings. The van der Waals surface area contributed by atoms with Crippen LogP contribution in [0.4, 0.5) is 0 Å². The second kappa shape index (κ2) is 5.38. The zero-order chi connectivity index (χ0) is 7.98. The summed E-state index contributed by atoms with van der Waals surface area (Å²) in [7, 11) is 1.83. The minimum absolute atomic E-state index is 0.0350. The molecule has 1 unspecified atom stereocenters. The van der Waals surface area contributed by atoms with Gasteiger partial charge in [-0.25, -0.2) is 0 Å². The van der Waals surface area contributed by atoms with Crippen molar-refractivity contribution in [1.82, 2.24) is 4.90 Å². The normalized spacial score (nSPS) is 13.6. The molecule has 0 radical (unpaired) electrons. The molecule has 0 aliphatic rings. The Labute approximate surface area is 61.6 Å². The fourth-order valence-corrected chi connectivity index (χ4v) is 0.835. The van der Waals surface area contributed by atoms with Crippen LogP contribution in [-0.4, -0.2) is 42.5 Å². The first kappa shape index (κ1) is 9.59. The SMILES string of the molecule is CCC(C=O)N(C)CCO. The molecule has 0 aliphatic carbocycles. The molecule has 0 fully saturated rings. The first-order valence-corrected chi connectivity index (χ1v) is 3.52. The number of aliphatic hydroxyl groups excluding tert-OH is 1. The highest BCUT2D eigenvalue weighted by atomic mass is 16.3. The molecule has 1 N–H and O–H groups in total. The summed E-state index contributed by atoms with van der Waals surface area (Å²) in [5, 5.41) is 8.52. The molecule has 0 saturated carbocycles. The molecule has 0 amide bonds. The van der Waals surface area contributed by atoms with Gasteiger partial charge in [0.25, 0.3) is 0 Å². The van der Waals surface area contributed by atoms with E-state index in [4.69, 9.17) is 5.11 Å². The molecule has 0 rings (SSSR count). The van der Waals surface area contributed by atoms with E-state index in [2.05, 4.69) is 0 Å². The van der Waals surface area contributed by atoms with E-state index < -0.39 is 0 Å². The summed E-state index contributed by atoms with van der Waals surface area (Å²) >= 11 is 0. The molecule has 0 bridgehead atoms. The maximum atomic E-state index is 10.3. The maximum Gasteiger partial charge on any atom is 0.137 e. The van der Waals surface area contributed by atoms with Crippen LogP contribution < -0.4 is 0 Å². The van der Waals surface area contributed by atoms with Crippen molar-refractivity contribution in [2.45, 2.75) is 19.4 Å². The zero-order valence-electron chi connectivity index (χ0n) is 6.58. The van der Waals surface area contributed by atoms with Gasteiger partial charge in [0.2, 0.25) is 0 Å². The van der Waals surface area contributed by atoms with E-state index in [0.717, 1.165) is 12.7 Å². The third-order valence-corrected chi connectivity index (χ3v) is 1.59. The lowest BCUT2D eigenvalue weighted by Gasteiger charge is -2.20. The molecule has 10 heavy (non-hydrogen) atoms. The van der Waals surface area contributed by atoms with Crippen molar-refractivity contribution in [3.8, 4) is 0 Å². The first-order valence-electron chi connectivity index (χ1n) is 3.52. The van der Waals surface area contributed by atoms with Crippen LogP contribution in [0.1, 0.15) is 13.3 Å².